The molecule has 3 aromatic carbocycles. The molecule has 2 aliphatic heterocycles. The average molecular weight is 425 g/mol. The van der Waals surface area contributed by atoms with Crippen molar-refractivity contribution in [2.75, 3.05) is 6.79 Å². The first kappa shape index (κ1) is 18.9. The fraction of sp³-hybridized carbons (Fsp3) is 0.174. The van der Waals surface area contributed by atoms with Gasteiger partial charge in [0.15, 0.2) is 11.5 Å². The lowest BCUT2D eigenvalue weighted by atomic mass is 9.93. The van der Waals surface area contributed by atoms with Gasteiger partial charge in [-0.15, -0.1) is 0 Å². The highest BCUT2D eigenvalue weighted by Gasteiger charge is 2.30. The molecule has 7 heteroatoms. The Morgan fingerprint density at radius 1 is 1.03 bits per heavy atom. The Bertz CT molecular complexity index is 1130. The number of nitrogens with zero attached hydrogens (tertiary/aromatic N) is 1. The summed E-state index contributed by atoms with van der Waals surface area (Å²) in [4.78, 5) is 4.78. The fourth-order valence-electron chi connectivity index (χ4n) is 3.86. The van der Waals surface area contributed by atoms with Crippen molar-refractivity contribution >= 4 is 17.3 Å². The summed E-state index contributed by atoms with van der Waals surface area (Å²) in [6, 6.07) is 17.0. The predicted octanol–water partition coefficient (Wildman–Crippen LogP) is 5.14. The predicted molar refractivity (Wildman–Crippen MR) is 112 cm³/mol. The molecule has 152 valence electrons. The number of hydrogen-bond acceptors (Lipinski definition) is 5. The van der Waals surface area contributed by atoms with Gasteiger partial charge in [0.1, 0.15) is 17.7 Å². The first-order valence-corrected chi connectivity index (χ1v) is 9.92. The van der Waals surface area contributed by atoms with E-state index in [4.69, 9.17) is 26.1 Å². The van der Waals surface area contributed by atoms with Crippen LogP contribution in [0.5, 0.6) is 17.2 Å². The van der Waals surface area contributed by atoms with E-state index in [0.717, 1.165) is 11.3 Å². The number of rotatable bonds is 3. The molecule has 0 spiro atoms. The minimum absolute atomic E-state index is 0.167. The molecule has 2 heterocycles. The van der Waals surface area contributed by atoms with Crippen molar-refractivity contribution in [3.63, 3.8) is 0 Å². The lowest BCUT2D eigenvalue weighted by Gasteiger charge is -2.31. The smallest absolute Gasteiger partial charge is 0.231 e. The molecule has 2 aliphatic rings. The van der Waals surface area contributed by atoms with E-state index in [0.29, 0.717) is 28.5 Å². The SMILES string of the molecule is Oc1ccccc1[C@@H]1CC(c2ccc3c(c2)OCO3)=N[C@H](c2c(F)cccc2Cl)N1. The van der Waals surface area contributed by atoms with Gasteiger partial charge in [-0.05, 0) is 42.0 Å². The van der Waals surface area contributed by atoms with E-state index < -0.39 is 12.0 Å². The summed E-state index contributed by atoms with van der Waals surface area (Å²) in [6.45, 7) is 0.181. The van der Waals surface area contributed by atoms with E-state index in [2.05, 4.69) is 5.32 Å². The summed E-state index contributed by atoms with van der Waals surface area (Å²) in [5.41, 5.74) is 2.59. The van der Waals surface area contributed by atoms with Crippen molar-refractivity contribution in [2.24, 2.45) is 4.99 Å². The van der Waals surface area contributed by atoms with E-state index in [9.17, 15) is 9.50 Å². The van der Waals surface area contributed by atoms with Gasteiger partial charge in [-0.2, -0.15) is 0 Å². The second kappa shape index (κ2) is 7.63. The maximum Gasteiger partial charge on any atom is 0.231 e. The van der Waals surface area contributed by atoms with Crippen molar-refractivity contribution in [1.82, 2.24) is 5.32 Å². The van der Waals surface area contributed by atoms with Gasteiger partial charge in [0.25, 0.3) is 0 Å². The van der Waals surface area contributed by atoms with E-state index in [1.54, 1.807) is 24.3 Å². The zero-order chi connectivity index (χ0) is 20.7. The molecule has 2 N–H and O–H groups in total. The zero-order valence-corrected chi connectivity index (χ0v) is 16.6. The van der Waals surface area contributed by atoms with E-state index in [1.165, 1.54) is 6.07 Å². The van der Waals surface area contributed by atoms with Gasteiger partial charge >= 0.3 is 0 Å². The highest BCUT2D eigenvalue weighted by atomic mass is 35.5. The van der Waals surface area contributed by atoms with Crippen LogP contribution in [0.4, 0.5) is 4.39 Å². The molecule has 0 unspecified atom stereocenters. The van der Waals surface area contributed by atoms with Crippen LogP contribution in [0.15, 0.2) is 65.7 Å². The van der Waals surface area contributed by atoms with Crippen molar-refractivity contribution in [3.05, 3.63) is 88.2 Å². The molecule has 5 rings (SSSR count). The van der Waals surface area contributed by atoms with E-state index in [1.807, 2.05) is 30.3 Å². The average Bonchev–Trinajstić information content (AvgIpc) is 3.22. The first-order chi connectivity index (χ1) is 14.6. The van der Waals surface area contributed by atoms with Gasteiger partial charge < -0.3 is 14.6 Å². The maximum absolute atomic E-state index is 14.7. The Balaban J connectivity index is 1.60. The summed E-state index contributed by atoms with van der Waals surface area (Å²) in [7, 11) is 0. The second-order valence-electron chi connectivity index (χ2n) is 7.16. The summed E-state index contributed by atoms with van der Waals surface area (Å²) in [6.07, 6.45) is -0.211. The summed E-state index contributed by atoms with van der Waals surface area (Å²) >= 11 is 6.32. The normalized spacial score (nSPS) is 20.1. The Kier molecular flexibility index (Phi) is 4.81. The number of nitrogens with one attached hydrogen (secondary N) is 1. The number of aliphatic imine (C=N–C) groups is 1. The van der Waals surface area contributed by atoms with Crippen LogP contribution in [0.1, 0.15) is 35.3 Å². The number of fused-ring (bicyclic) bond motifs is 1. The van der Waals surface area contributed by atoms with Gasteiger partial charge in [0, 0.05) is 29.3 Å². The Morgan fingerprint density at radius 2 is 1.87 bits per heavy atom. The summed E-state index contributed by atoms with van der Waals surface area (Å²) < 4.78 is 25.6. The van der Waals surface area contributed by atoms with Crippen molar-refractivity contribution in [2.45, 2.75) is 18.6 Å². The van der Waals surface area contributed by atoms with Crippen LogP contribution in [0.2, 0.25) is 5.02 Å². The number of benzene rings is 3. The minimum Gasteiger partial charge on any atom is -0.508 e. The van der Waals surface area contributed by atoms with Crippen LogP contribution in [0.3, 0.4) is 0 Å². The van der Waals surface area contributed by atoms with Gasteiger partial charge in [-0.1, -0.05) is 35.9 Å². The Labute approximate surface area is 177 Å². The van der Waals surface area contributed by atoms with Crippen LogP contribution in [0.25, 0.3) is 0 Å². The molecule has 0 fully saturated rings. The number of hydrogen-bond donors (Lipinski definition) is 2. The molecule has 2 atom stereocenters. The van der Waals surface area contributed by atoms with Gasteiger partial charge in [0.2, 0.25) is 6.79 Å². The number of aromatic hydroxyl groups is 1. The van der Waals surface area contributed by atoms with Crippen LogP contribution in [-0.4, -0.2) is 17.6 Å². The van der Waals surface area contributed by atoms with Crippen molar-refractivity contribution < 1.29 is 19.0 Å². The third kappa shape index (κ3) is 3.38. The number of phenolic OH excluding ortho intramolecular Hbond substituents is 1. The molecule has 0 saturated heterocycles. The molecule has 0 bridgehead atoms. The van der Waals surface area contributed by atoms with Gasteiger partial charge in [-0.25, -0.2) is 4.39 Å². The molecule has 0 saturated carbocycles. The van der Waals surface area contributed by atoms with E-state index >= 15 is 0 Å². The number of para-hydroxylation sites is 1. The fourth-order valence-corrected chi connectivity index (χ4v) is 4.13. The molecule has 0 radical (unpaired) electrons. The standard InChI is InChI=1S/C23H18ClFN2O3/c24-15-5-3-6-16(25)22(15)23-26-17(13-8-9-20-21(10-13)30-12-29-20)11-18(27-23)14-4-1-2-7-19(14)28/h1-10,18,23,27-28H,11-12H2/t18-,23-/m0/s1. The summed E-state index contributed by atoms with van der Waals surface area (Å²) in [5.74, 6) is 1.06. The molecule has 3 aromatic rings. The lowest BCUT2D eigenvalue weighted by molar-refractivity contribution is 0.174. The van der Waals surface area contributed by atoms with Crippen LogP contribution >= 0.6 is 11.6 Å². The number of halogens is 2. The van der Waals surface area contributed by atoms with Crippen LogP contribution in [0, 0.1) is 5.82 Å². The molecule has 0 aliphatic carbocycles. The topological polar surface area (TPSA) is 63.1 Å². The van der Waals surface area contributed by atoms with Crippen molar-refractivity contribution in [1.29, 1.82) is 0 Å². The first-order valence-electron chi connectivity index (χ1n) is 9.54. The Hall–Kier alpha value is -3.09. The maximum atomic E-state index is 14.7. The molecule has 30 heavy (non-hydrogen) atoms. The van der Waals surface area contributed by atoms with Crippen molar-refractivity contribution in [3.8, 4) is 17.2 Å². The number of phenols is 1. The van der Waals surface area contributed by atoms with Gasteiger partial charge in [-0.3, -0.25) is 10.3 Å². The highest BCUT2D eigenvalue weighted by Crippen LogP contribution is 2.39. The largest absolute Gasteiger partial charge is 0.508 e. The zero-order valence-electron chi connectivity index (χ0n) is 15.8. The van der Waals surface area contributed by atoms with Crippen LogP contribution < -0.4 is 14.8 Å². The monoisotopic (exact) mass is 424 g/mol. The lowest BCUT2D eigenvalue weighted by Crippen LogP contribution is -2.33. The van der Waals surface area contributed by atoms with Crippen LogP contribution in [-0.2, 0) is 0 Å². The highest BCUT2D eigenvalue weighted by molar-refractivity contribution is 6.31. The molecule has 0 amide bonds. The third-order valence-electron chi connectivity index (χ3n) is 5.33. The molecular formula is C23H18ClFN2O3. The Morgan fingerprint density at radius 3 is 2.70 bits per heavy atom. The quantitative estimate of drug-likeness (QED) is 0.611. The molecule has 0 aromatic heterocycles. The molecule has 5 nitrogen and oxygen atoms in total. The summed E-state index contributed by atoms with van der Waals surface area (Å²) in [5, 5.41) is 14.0. The minimum atomic E-state index is -0.711. The number of ether oxygens (including phenoxy) is 2. The third-order valence-corrected chi connectivity index (χ3v) is 5.66. The second-order valence-corrected chi connectivity index (χ2v) is 7.57. The molecular weight excluding hydrogens is 407 g/mol. The van der Waals surface area contributed by atoms with E-state index in [-0.39, 0.29) is 24.1 Å². The van der Waals surface area contributed by atoms with Gasteiger partial charge in [0.05, 0.1) is 5.02 Å².